The van der Waals surface area contributed by atoms with Crippen LogP contribution in [0.25, 0.3) is 26.1 Å². The van der Waals surface area contributed by atoms with Crippen LogP contribution in [0.5, 0.6) is 5.75 Å². The molecule has 0 atom stereocenters. The number of aromatic nitrogens is 3. The summed E-state index contributed by atoms with van der Waals surface area (Å²) in [5.41, 5.74) is 2.41. The average Bonchev–Trinajstić information content (AvgIpc) is 3.07. The van der Waals surface area contributed by atoms with Crippen molar-refractivity contribution in [1.29, 1.82) is 0 Å². The van der Waals surface area contributed by atoms with E-state index in [9.17, 15) is 4.79 Å². The molecule has 0 unspecified atom stereocenters. The largest absolute Gasteiger partial charge is 0.497 e. The molecule has 0 aliphatic heterocycles. The van der Waals surface area contributed by atoms with Crippen molar-refractivity contribution in [2.75, 3.05) is 25.6 Å². The van der Waals surface area contributed by atoms with Gasteiger partial charge in [-0.15, -0.1) is 11.3 Å². The molecule has 0 saturated carbocycles. The molecule has 1 aromatic carbocycles. The molecular weight excluding hydrogens is 348 g/mol. The number of ether oxygens (including phenoxy) is 1. The Morgan fingerprint density at radius 1 is 1.19 bits per heavy atom. The molecule has 4 rings (SSSR count). The summed E-state index contributed by atoms with van der Waals surface area (Å²) in [5.74, 6) is 0.745. The van der Waals surface area contributed by atoms with Gasteiger partial charge in [0.05, 0.1) is 23.9 Å². The first-order chi connectivity index (χ1) is 12.6. The molecule has 0 spiro atoms. The molecule has 0 aliphatic rings. The standard InChI is InChI=1S/C19H18N4O2S/c1-4-22(2)14-9-10-20-18-15(14)16-17(26-18)19(24)23(11-21-16)12-5-7-13(25-3)8-6-12/h5-11H,4H2,1-3H3. The molecule has 3 aromatic heterocycles. The Balaban J connectivity index is 1.96. The van der Waals surface area contributed by atoms with Crippen molar-refractivity contribution in [1.82, 2.24) is 14.5 Å². The van der Waals surface area contributed by atoms with Gasteiger partial charge in [-0.1, -0.05) is 0 Å². The number of hydrogen-bond donors (Lipinski definition) is 0. The van der Waals surface area contributed by atoms with E-state index < -0.39 is 0 Å². The molecule has 7 heteroatoms. The number of pyridine rings is 1. The summed E-state index contributed by atoms with van der Waals surface area (Å²) >= 11 is 1.39. The van der Waals surface area contributed by atoms with Crippen LogP contribution < -0.4 is 15.2 Å². The number of methoxy groups -OCH3 is 1. The van der Waals surface area contributed by atoms with Crippen LogP contribution in [0, 0.1) is 0 Å². The number of fused-ring (bicyclic) bond motifs is 3. The SMILES string of the molecule is CCN(C)c1ccnc2sc3c(=O)n(-c4ccc(OC)cc4)cnc3c12. The van der Waals surface area contributed by atoms with E-state index in [2.05, 4.69) is 21.8 Å². The highest BCUT2D eigenvalue weighted by Crippen LogP contribution is 2.35. The summed E-state index contributed by atoms with van der Waals surface area (Å²) < 4.78 is 7.35. The normalized spacial score (nSPS) is 11.2. The van der Waals surface area contributed by atoms with E-state index in [0.717, 1.165) is 33.9 Å². The quantitative estimate of drug-likeness (QED) is 0.554. The number of anilines is 1. The van der Waals surface area contributed by atoms with Crippen LogP contribution in [0.2, 0.25) is 0 Å². The molecule has 0 saturated heterocycles. The Bertz CT molecular complexity index is 1150. The summed E-state index contributed by atoms with van der Waals surface area (Å²) in [7, 11) is 3.64. The zero-order valence-corrected chi connectivity index (χ0v) is 15.6. The van der Waals surface area contributed by atoms with E-state index in [1.165, 1.54) is 11.3 Å². The van der Waals surface area contributed by atoms with Crippen LogP contribution in [0.15, 0.2) is 47.7 Å². The maximum atomic E-state index is 13.1. The maximum absolute atomic E-state index is 13.1. The van der Waals surface area contributed by atoms with Gasteiger partial charge in [0.1, 0.15) is 27.1 Å². The second kappa shape index (κ2) is 6.42. The summed E-state index contributed by atoms with van der Waals surface area (Å²) in [4.78, 5) is 25.1. The van der Waals surface area contributed by atoms with Crippen molar-refractivity contribution in [2.45, 2.75) is 6.92 Å². The fourth-order valence-corrected chi connectivity index (χ4v) is 4.00. The van der Waals surface area contributed by atoms with E-state index >= 15 is 0 Å². The first kappa shape index (κ1) is 16.5. The van der Waals surface area contributed by atoms with Crippen molar-refractivity contribution in [2.24, 2.45) is 0 Å². The highest BCUT2D eigenvalue weighted by Gasteiger charge is 2.17. The van der Waals surface area contributed by atoms with E-state index in [4.69, 9.17) is 4.74 Å². The van der Waals surface area contributed by atoms with E-state index in [0.29, 0.717) is 10.2 Å². The number of hydrogen-bond acceptors (Lipinski definition) is 6. The third-order valence-electron chi connectivity index (χ3n) is 4.50. The lowest BCUT2D eigenvalue weighted by Gasteiger charge is -2.17. The van der Waals surface area contributed by atoms with Gasteiger partial charge in [-0.05, 0) is 37.3 Å². The van der Waals surface area contributed by atoms with Gasteiger partial charge in [0.2, 0.25) is 0 Å². The Morgan fingerprint density at radius 2 is 1.96 bits per heavy atom. The second-order valence-corrected chi connectivity index (χ2v) is 6.92. The molecule has 0 N–H and O–H groups in total. The molecule has 0 fully saturated rings. The zero-order chi connectivity index (χ0) is 18.3. The van der Waals surface area contributed by atoms with Crippen molar-refractivity contribution in [3.63, 3.8) is 0 Å². The molecule has 26 heavy (non-hydrogen) atoms. The molecule has 0 amide bonds. The Morgan fingerprint density at radius 3 is 2.65 bits per heavy atom. The molecule has 6 nitrogen and oxygen atoms in total. The van der Waals surface area contributed by atoms with Gasteiger partial charge in [-0.3, -0.25) is 9.36 Å². The number of nitrogens with zero attached hydrogens (tertiary/aromatic N) is 4. The molecule has 0 bridgehead atoms. The topological polar surface area (TPSA) is 60.2 Å². The van der Waals surface area contributed by atoms with Crippen LogP contribution in [0.4, 0.5) is 5.69 Å². The fraction of sp³-hybridized carbons (Fsp3) is 0.211. The van der Waals surface area contributed by atoms with E-state index in [1.54, 1.807) is 24.2 Å². The molecule has 132 valence electrons. The van der Waals surface area contributed by atoms with Crippen molar-refractivity contribution in [3.05, 3.63) is 53.2 Å². The molecular formula is C19H18N4O2S. The van der Waals surface area contributed by atoms with Crippen LogP contribution in [0.1, 0.15) is 6.92 Å². The predicted molar refractivity (Wildman–Crippen MR) is 106 cm³/mol. The first-order valence-corrected chi connectivity index (χ1v) is 9.10. The second-order valence-electron chi connectivity index (χ2n) is 5.92. The monoisotopic (exact) mass is 366 g/mol. The van der Waals surface area contributed by atoms with E-state index in [-0.39, 0.29) is 5.56 Å². The van der Waals surface area contributed by atoms with Gasteiger partial charge in [-0.25, -0.2) is 9.97 Å². The minimum atomic E-state index is -0.0896. The predicted octanol–water partition coefficient (Wildman–Crippen LogP) is 3.46. The first-order valence-electron chi connectivity index (χ1n) is 8.28. The molecule has 4 aromatic rings. The minimum Gasteiger partial charge on any atom is -0.497 e. The number of benzene rings is 1. The third-order valence-corrected chi connectivity index (χ3v) is 5.57. The lowest BCUT2D eigenvalue weighted by atomic mass is 10.2. The smallest absolute Gasteiger partial charge is 0.275 e. The Kier molecular flexibility index (Phi) is 4.08. The lowest BCUT2D eigenvalue weighted by Crippen LogP contribution is -2.18. The van der Waals surface area contributed by atoms with Gasteiger partial charge in [0, 0.05) is 19.8 Å². The summed E-state index contributed by atoms with van der Waals surface area (Å²) in [6, 6.07) is 9.30. The molecule has 3 heterocycles. The highest BCUT2D eigenvalue weighted by molar-refractivity contribution is 7.25. The minimum absolute atomic E-state index is 0.0896. The summed E-state index contributed by atoms with van der Waals surface area (Å²) in [6.07, 6.45) is 3.36. The molecule has 0 radical (unpaired) electrons. The number of rotatable bonds is 4. The van der Waals surface area contributed by atoms with Gasteiger partial charge in [0.25, 0.3) is 5.56 Å². The lowest BCUT2D eigenvalue weighted by molar-refractivity contribution is 0.414. The Hall–Kier alpha value is -2.93. The van der Waals surface area contributed by atoms with Crippen molar-refractivity contribution < 1.29 is 4.74 Å². The van der Waals surface area contributed by atoms with Gasteiger partial charge in [-0.2, -0.15) is 0 Å². The van der Waals surface area contributed by atoms with Crippen LogP contribution >= 0.6 is 11.3 Å². The Labute approximate surface area is 154 Å². The van der Waals surface area contributed by atoms with Gasteiger partial charge >= 0.3 is 0 Å². The molecule has 0 aliphatic carbocycles. The maximum Gasteiger partial charge on any atom is 0.275 e. The van der Waals surface area contributed by atoms with Crippen LogP contribution in [-0.4, -0.2) is 35.2 Å². The summed E-state index contributed by atoms with van der Waals surface area (Å²) in [5, 5.41) is 0.941. The fourth-order valence-electron chi connectivity index (χ4n) is 2.95. The highest BCUT2D eigenvalue weighted by atomic mass is 32.1. The zero-order valence-electron chi connectivity index (χ0n) is 14.8. The van der Waals surface area contributed by atoms with Crippen molar-refractivity contribution >= 4 is 37.5 Å². The average molecular weight is 366 g/mol. The third kappa shape index (κ3) is 2.52. The van der Waals surface area contributed by atoms with Crippen molar-refractivity contribution in [3.8, 4) is 11.4 Å². The van der Waals surface area contributed by atoms with E-state index in [1.807, 2.05) is 37.4 Å². The van der Waals surface area contributed by atoms with Gasteiger partial charge < -0.3 is 9.64 Å². The van der Waals surface area contributed by atoms with Crippen LogP contribution in [0.3, 0.4) is 0 Å². The van der Waals surface area contributed by atoms with Crippen LogP contribution in [-0.2, 0) is 0 Å². The number of thiophene rings is 1. The summed E-state index contributed by atoms with van der Waals surface area (Å²) in [6.45, 7) is 2.95. The van der Waals surface area contributed by atoms with Gasteiger partial charge in [0.15, 0.2) is 0 Å².